The van der Waals surface area contributed by atoms with Gasteiger partial charge in [-0.25, -0.2) is 4.79 Å². The molecule has 0 saturated heterocycles. The number of nitrogens with two attached hydrogens (primary N) is 4. The van der Waals surface area contributed by atoms with Gasteiger partial charge in [0.1, 0.15) is 24.2 Å². The monoisotopic (exact) mass is 502 g/mol. The van der Waals surface area contributed by atoms with Gasteiger partial charge in [-0.1, -0.05) is 13.8 Å². The van der Waals surface area contributed by atoms with Crippen molar-refractivity contribution in [3.63, 3.8) is 0 Å². The van der Waals surface area contributed by atoms with Crippen molar-refractivity contribution in [3.8, 4) is 0 Å². The molecule has 0 rings (SSSR count). The molecule has 0 heterocycles. The Morgan fingerprint density at radius 3 is 1.89 bits per heavy atom. The fraction of sp³-hybridized carbons (Fsp3) is 0.700. The zero-order valence-corrected chi connectivity index (χ0v) is 20.2. The van der Waals surface area contributed by atoms with Gasteiger partial charge in [-0.05, 0) is 32.1 Å². The lowest BCUT2D eigenvalue weighted by molar-refractivity contribution is -0.142. The van der Waals surface area contributed by atoms with E-state index in [4.69, 9.17) is 22.9 Å². The van der Waals surface area contributed by atoms with Crippen molar-refractivity contribution in [1.29, 1.82) is 0 Å². The topological polar surface area (TPSA) is 278 Å². The molecule has 0 aromatic carbocycles. The number of carboxylic acids is 1. The van der Waals surface area contributed by atoms with Crippen LogP contribution in [0, 0.1) is 5.92 Å². The molecule has 0 aliphatic carbocycles. The van der Waals surface area contributed by atoms with Gasteiger partial charge in [-0.15, -0.1) is 0 Å². The number of carboxylic acid groups (broad SMARTS) is 1. The molecule has 35 heavy (non-hydrogen) atoms. The largest absolute Gasteiger partial charge is 0.480 e. The summed E-state index contributed by atoms with van der Waals surface area (Å²) in [5.74, 6) is -5.06. The van der Waals surface area contributed by atoms with E-state index in [1.165, 1.54) is 6.92 Å². The molecule has 0 aromatic heterocycles. The number of nitrogens with zero attached hydrogens (tertiary/aromatic N) is 1. The quantitative estimate of drug-likeness (QED) is 0.0563. The molecule has 0 aliphatic rings. The number of aliphatic hydroxyl groups excluding tert-OH is 1. The van der Waals surface area contributed by atoms with E-state index < -0.39 is 65.8 Å². The van der Waals surface area contributed by atoms with E-state index in [1.54, 1.807) is 13.8 Å². The van der Waals surface area contributed by atoms with Crippen LogP contribution < -0.4 is 38.9 Å². The number of primary amides is 1. The Kier molecular flexibility index (Phi) is 13.9. The average Bonchev–Trinajstić information content (AvgIpc) is 2.74. The molecule has 15 nitrogen and oxygen atoms in total. The normalized spacial score (nSPS) is 15.1. The van der Waals surface area contributed by atoms with Crippen LogP contribution in [0.15, 0.2) is 4.99 Å². The second-order valence-corrected chi connectivity index (χ2v) is 8.41. The Hall–Kier alpha value is -3.46. The third kappa shape index (κ3) is 12.5. The number of carbonyl (C=O) groups excluding carboxylic acids is 4. The first kappa shape index (κ1) is 31.5. The number of aliphatic hydroxyl groups is 1. The minimum Gasteiger partial charge on any atom is -0.480 e. The Morgan fingerprint density at radius 1 is 0.857 bits per heavy atom. The number of aliphatic carboxylic acids is 1. The van der Waals surface area contributed by atoms with E-state index in [2.05, 4.69) is 20.9 Å². The summed E-state index contributed by atoms with van der Waals surface area (Å²) in [6, 6.07) is -5.05. The Bertz CT molecular complexity index is 783. The van der Waals surface area contributed by atoms with Gasteiger partial charge in [0.25, 0.3) is 0 Å². The number of hydrogen-bond donors (Lipinski definition) is 9. The smallest absolute Gasteiger partial charge is 0.326 e. The number of carbonyl (C=O) groups is 5. The summed E-state index contributed by atoms with van der Waals surface area (Å²) < 4.78 is 0. The lowest BCUT2D eigenvalue weighted by Crippen LogP contribution is -2.59. The number of rotatable bonds is 16. The number of aliphatic imine (C=N–C) groups is 1. The first-order valence-electron chi connectivity index (χ1n) is 11.1. The molecule has 15 heteroatoms. The van der Waals surface area contributed by atoms with Gasteiger partial charge < -0.3 is 49.1 Å². The maximum absolute atomic E-state index is 12.9. The van der Waals surface area contributed by atoms with E-state index in [-0.39, 0.29) is 38.2 Å². The molecule has 0 aromatic rings. The van der Waals surface area contributed by atoms with Crippen LogP contribution in [0.25, 0.3) is 0 Å². The highest BCUT2D eigenvalue weighted by Gasteiger charge is 2.32. The van der Waals surface area contributed by atoms with Gasteiger partial charge in [0, 0.05) is 13.0 Å². The predicted molar refractivity (Wildman–Crippen MR) is 126 cm³/mol. The zero-order valence-electron chi connectivity index (χ0n) is 20.2. The van der Waals surface area contributed by atoms with Crippen LogP contribution in [0.3, 0.4) is 0 Å². The van der Waals surface area contributed by atoms with Crippen molar-refractivity contribution >= 4 is 35.6 Å². The molecule has 0 radical (unpaired) electrons. The van der Waals surface area contributed by atoms with E-state index >= 15 is 0 Å². The lowest BCUT2D eigenvalue weighted by Gasteiger charge is -2.27. The highest BCUT2D eigenvalue weighted by molar-refractivity contribution is 5.94. The third-order valence-electron chi connectivity index (χ3n) is 4.94. The van der Waals surface area contributed by atoms with E-state index in [1.807, 2.05) is 0 Å². The number of amides is 4. The van der Waals surface area contributed by atoms with Gasteiger partial charge >= 0.3 is 5.97 Å². The first-order valence-corrected chi connectivity index (χ1v) is 11.1. The number of nitrogens with one attached hydrogen (secondary N) is 3. The maximum Gasteiger partial charge on any atom is 0.326 e. The molecular formula is C20H38N8O7. The molecule has 4 amide bonds. The van der Waals surface area contributed by atoms with Crippen LogP contribution in [0.1, 0.15) is 46.5 Å². The molecule has 0 aliphatic heterocycles. The van der Waals surface area contributed by atoms with Crippen molar-refractivity contribution < 1.29 is 34.2 Å². The first-order chi connectivity index (χ1) is 16.2. The van der Waals surface area contributed by atoms with E-state index in [0.717, 1.165) is 0 Å². The fourth-order valence-electron chi connectivity index (χ4n) is 2.85. The summed E-state index contributed by atoms with van der Waals surface area (Å²) in [5.41, 5.74) is 21.2. The molecule has 13 N–H and O–H groups in total. The molecule has 5 atom stereocenters. The maximum atomic E-state index is 12.9. The molecule has 0 bridgehead atoms. The summed E-state index contributed by atoms with van der Waals surface area (Å²) >= 11 is 0. The van der Waals surface area contributed by atoms with Crippen LogP contribution in [-0.2, 0) is 24.0 Å². The van der Waals surface area contributed by atoms with Crippen molar-refractivity contribution in [3.05, 3.63) is 0 Å². The molecule has 0 spiro atoms. The molecule has 0 fully saturated rings. The minimum absolute atomic E-state index is 0.00372. The summed E-state index contributed by atoms with van der Waals surface area (Å²) in [4.78, 5) is 64.5. The number of hydrogen-bond acceptors (Lipinski definition) is 8. The third-order valence-corrected chi connectivity index (χ3v) is 4.94. The average molecular weight is 503 g/mol. The molecule has 200 valence electrons. The summed E-state index contributed by atoms with van der Waals surface area (Å²) in [6.07, 6.45) is -1.40. The van der Waals surface area contributed by atoms with Gasteiger partial charge in [-0.2, -0.15) is 0 Å². The molecule has 5 unspecified atom stereocenters. The van der Waals surface area contributed by atoms with Gasteiger partial charge in [0.15, 0.2) is 5.96 Å². The fourth-order valence-corrected chi connectivity index (χ4v) is 2.85. The molecular weight excluding hydrogens is 464 g/mol. The Balaban J connectivity index is 5.48. The lowest BCUT2D eigenvalue weighted by atomic mass is 10.0. The van der Waals surface area contributed by atoms with Gasteiger partial charge in [-0.3, -0.25) is 24.2 Å². The van der Waals surface area contributed by atoms with Gasteiger partial charge in [0.05, 0.1) is 6.10 Å². The zero-order chi connectivity index (χ0) is 27.3. The van der Waals surface area contributed by atoms with Crippen LogP contribution in [-0.4, -0.2) is 82.6 Å². The van der Waals surface area contributed by atoms with E-state index in [9.17, 15) is 34.2 Å². The van der Waals surface area contributed by atoms with Crippen molar-refractivity contribution in [1.82, 2.24) is 16.0 Å². The highest BCUT2D eigenvalue weighted by atomic mass is 16.4. The summed E-state index contributed by atoms with van der Waals surface area (Å²) in [7, 11) is 0. The SMILES string of the molecule is CC(C)C(NC(=O)C(N)C(C)O)C(=O)NC(CCC(N)=O)C(=O)NC(CCCN=C(N)N)C(=O)O. The highest BCUT2D eigenvalue weighted by Crippen LogP contribution is 2.07. The van der Waals surface area contributed by atoms with Gasteiger partial charge in [0.2, 0.25) is 23.6 Å². The van der Waals surface area contributed by atoms with Crippen LogP contribution >= 0.6 is 0 Å². The van der Waals surface area contributed by atoms with Crippen LogP contribution in [0.4, 0.5) is 0 Å². The minimum atomic E-state index is -1.32. The second-order valence-electron chi connectivity index (χ2n) is 8.41. The standard InChI is InChI=1S/C20H38N8O7/c1-9(2)15(28-17(32)14(22)10(3)29)18(33)26-11(6-7-13(21)30)16(31)27-12(19(34)35)5-4-8-25-20(23)24/h9-12,14-15,29H,4-8,22H2,1-3H3,(H2,21,30)(H,26,33)(H,27,31)(H,28,32)(H,34,35)(H4,23,24,25). The van der Waals surface area contributed by atoms with Crippen LogP contribution in [0.5, 0.6) is 0 Å². The summed E-state index contributed by atoms with van der Waals surface area (Å²) in [5, 5.41) is 26.1. The van der Waals surface area contributed by atoms with Crippen LogP contribution in [0.2, 0.25) is 0 Å². The molecule has 0 saturated carbocycles. The number of guanidine groups is 1. The Labute approximate surface area is 203 Å². The predicted octanol–water partition coefficient (Wildman–Crippen LogP) is -3.79. The Morgan fingerprint density at radius 2 is 1.43 bits per heavy atom. The van der Waals surface area contributed by atoms with E-state index in [0.29, 0.717) is 0 Å². The summed E-state index contributed by atoms with van der Waals surface area (Å²) in [6.45, 7) is 4.73. The van der Waals surface area contributed by atoms with Crippen molar-refractivity contribution in [2.24, 2.45) is 33.8 Å². The second kappa shape index (κ2) is 15.4. The van der Waals surface area contributed by atoms with Crippen molar-refractivity contribution in [2.45, 2.75) is 76.7 Å². The van der Waals surface area contributed by atoms with Crippen molar-refractivity contribution in [2.75, 3.05) is 6.54 Å².